The highest BCUT2D eigenvalue weighted by Crippen LogP contribution is 2.13. The zero-order valence-electron chi connectivity index (χ0n) is 9.58. The van der Waals surface area contributed by atoms with E-state index < -0.39 is 0 Å². The van der Waals surface area contributed by atoms with Crippen LogP contribution in [0.25, 0.3) is 0 Å². The van der Waals surface area contributed by atoms with Crippen LogP contribution < -0.4 is 10.9 Å². The van der Waals surface area contributed by atoms with Crippen LogP contribution in [-0.2, 0) is 0 Å². The second-order valence-electron chi connectivity index (χ2n) is 3.70. The summed E-state index contributed by atoms with van der Waals surface area (Å²) in [4.78, 5) is 12.1. The minimum Gasteiger partial charge on any atom is -0.267 e. The van der Waals surface area contributed by atoms with Crippen LogP contribution in [0.5, 0.6) is 0 Å². The molecule has 0 spiro atoms. The van der Waals surface area contributed by atoms with Crippen LogP contribution in [0.1, 0.15) is 15.9 Å². The molecule has 0 aliphatic rings. The summed E-state index contributed by atoms with van der Waals surface area (Å²) in [6.07, 6.45) is 0. The Kier molecular flexibility index (Phi) is 3.37. The van der Waals surface area contributed by atoms with Crippen molar-refractivity contribution in [2.45, 2.75) is 0 Å². The van der Waals surface area contributed by atoms with Crippen LogP contribution in [0, 0.1) is 11.3 Å². The molecule has 0 unspecified atom stereocenters. The highest BCUT2D eigenvalue weighted by molar-refractivity contribution is 6.05. The number of amides is 1. The number of anilines is 1. The van der Waals surface area contributed by atoms with E-state index in [1.807, 2.05) is 12.1 Å². The molecule has 0 saturated heterocycles. The standard InChI is InChI=1S/C14H11N3O/c15-10-11-6-8-12(9-7-11)14(18)17(16)13-4-2-1-3-5-13/h1-9H,16H2. The summed E-state index contributed by atoms with van der Waals surface area (Å²) in [5, 5.41) is 9.77. The molecule has 0 heterocycles. The van der Waals surface area contributed by atoms with Crippen molar-refractivity contribution in [1.82, 2.24) is 0 Å². The lowest BCUT2D eigenvalue weighted by Crippen LogP contribution is -2.37. The molecule has 0 bridgehead atoms. The van der Waals surface area contributed by atoms with Gasteiger partial charge in [-0.25, -0.2) is 10.9 Å². The van der Waals surface area contributed by atoms with E-state index in [0.717, 1.165) is 5.01 Å². The molecule has 0 aliphatic heterocycles. The number of para-hydroxylation sites is 1. The third-order valence-corrected chi connectivity index (χ3v) is 2.51. The minimum atomic E-state index is -0.314. The summed E-state index contributed by atoms with van der Waals surface area (Å²) in [5.41, 5.74) is 1.57. The van der Waals surface area contributed by atoms with Gasteiger partial charge in [-0.05, 0) is 36.4 Å². The van der Waals surface area contributed by atoms with Crippen molar-refractivity contribution in [2.24, 2.45) is 5.84 Å². The van der Waals surface area contributed by atoms with Gasteiger partial charge in [0.1, 0.15) is 0 Å². The van der Waals surface area contributed by atoms with Gasteiger partial charge in [-0.1, -0.05) is 18.2 Å². The monoisotopic (exact) mass is 237 g/mol. The second kappa shape index (κ2) is 5.13. The van der Waals surface area contributed by atoms with Gasteiger partial charge in [0.15, 0.2) is 0 Å². The zero-order chi connectivity index (χ0) is 13.0. The Balaban J connectivity index is 2.23. The van der Waals surface area contributed by atoms with Crippen molar-refractivity contribution in [1.29, 1.82) is 5.26 Å². The third-order valence-electron chi connectivity index (χ3n) is 2.51. The quantitative estimate of drug-likeness (QED) is 0.494. The molecule has 0 aliphatic carbocycles. The number of hydrazine groups is 1. The van der Waals surface area contributed by atoms with Gasteiger partial charge >= 0.3 is 0 Å². The molecule has 1 amide bonds. The molecule has 0 saturated carbocycles. The van der Waals surface area contributed by atoms with E-state index in [0.29, 0.717) is 16.8 Å². The number of nitrogens with two attached hydrogens (primary N) is 1. The summed E-state index contributed by atoms with van der Waals surface area (Å²) in [6.45, 7) is 0. The normalized spacial score (nSPS) is 9.56. The Morgan fingerprint density at radius 1 is 1.06 bits per heavy atom. The Morgan fingerprint density at radius 2 is 1.67 bits per heavy atom. The molecule has 4 heteroatoms. The molecule has 18 heavy (non-hydrogen) atoms. The number of nitrogens with zero attached hydrogens (tertiary/aromatic N) is 2. The molecule has 4 nitrogen and oxygen atoms in total. The van der Waals surface area contributed by atoms with E-state index in [1.54, 1.807) is 48.5 Å². The number of nitriles is 1. The number of hydrogen-bond donors (Lipinski definition) is 1. The molecule has 0 atom stereocenters. The van der Waals surface area contributed by atoms with Crippen molar-refractivity contribution in [2.75, 3.05) is 5.01 Å². The van der Waals surface area contributed by atoms with Gasteiger partial charge in [0.25, 0.3) is 5.91 Å². The van der Waals surface area contributed by atoms with Crippen molar-refractivity contribution < 1.29 is 4.79 Å². The van der Waals surface area contributed by atoms with Gasteiger partial charge in [0.2, 0.25) is 0 Å². The van der Waals surface area contributed by atoms with Crippen LogP contribution in [0.4, 0.5) is 5.69 Å². The first-order chi connectivity index (χ1) is 8.72. The van der Waals surface area contributed by atoms with Gasteiger partial charge in [-0.2, -0.15) is 5.26 Å². The maximum atomic E-state index is 12.1. The lowest BCUT2D eigenvalue weighted by molar-refractivity contribution is 0.0987. The zero-order valence-corrected chi connectivity index (χ0v) is 9.58. The maximum Gasteiger partial charge on any atom is 0.272 e. The molecule has 0 fully saturated rings. The Hall–Kier alpha value is -2.64. The van der Waals surface area contributed by atoms with Gasteiger partial charge in [0, 0.05) is 5.56 Å². The maximum absolute atomic E-state index is 12.1. The summed E-state index contributed by atoms with van der Waals surface area (Å²) in [5.74, 6) is 5.45. The highest BCUT2D eigenvalue weighted by atomic mass is 16.2. The van der Waals surface area contributed by atoms with E-state index >= 15 is 0 Å². The van der Waals surface area contributed by atoms with Crippen LogP contribution in [-0.4, -0.2) is 5.91 Å². The SMILES string of the molecule is N#Cc1ccc(C(=O)N(N)c2ccccc2)cc1. The van der Waals surface area contributed by atoms with Crippen molar-refractivity contribution >= 4 is 11.6 Å². The average molecular weight is 237 g/mol. The molecular weight excluding hydrogens is 226 g/mol. The molecule has 2 aromatic carbocycles. The number of benzene rings is 2. The molecule has 2 aromatic rings. The summed E-state index contributed by atoms with van der Waals surface area (Å²) >= 11 is 0. The first-order valence-corrected chi connectivity index (χ1v) is 5.37. The highest BCUT2D eigenvalue weighted by Gasteiger charge is 2.13. The van der Waals surface area contributed by atoms with E-state index in [9.17, 15) is 4.79 Å². The fourth-order valence-electron chi connectivity index (χ4n) is 1.53. The summed E-state index contributed by atoms with van der Waals surface area (Å²) in [6, 6.07) is 17.3. The fraction of sp³-hybridized carbons (Fsp3) is 0. The van der Waals surface area contributed by atoms with E-state index in [-0.39, 0.29) is 5.91 Å². The Bertz CT molecular complexity index is 585. The molecule has 0 aromatic heterocycles. The Morgan fingerprint density at radius 3 is 2.22 bits per heavy atom. The van der Waals surface area contributed by atoms with E-state index in [1.165, 1.54) is 0 Å². The first kappa shape index (κ1) is 11.8. The molecule has 0 radical (unpaired) electrons. The Labute approximate surface area is 105 Å². The van der Waals surface area contributed by atoms with E-state index in [4.69, 9.17) is 11.1 Å². The van der Waals surface area contributed by atoms with Crippen molar-refractivity contribution in [3.63, 3.8) is 0 Å². The van der Waals surface area contributed by atoms with Crippen molar-refractivity contribution in [3.05, 3.63) is 65.7 Å². The van der Waals surface area contributed by atoms with Gasteiger partial charge in [-0.15, -0.1) is 0 Å². The number of rotatable bonds is 2. The van der Waals surface area contributed by atoms with Gasteiger partial charge < -0.3 is 0 Å². The fourth-order valence-corrected chi connectivity index (χ4v) is 1.53. The smallest absolute Gasteiger partial charge is 0.267 e. The largest absolute Gasteiger partial charge is 0.272 e. The van der Waals surface area contributed by atoms with Gasteiger partial charge in [-0.3, -0.25) is 4.79 Å². The molecule has 2 rings (SSSR count). The predicted octanol–water partition coefficient (Wildman–Crippen LogP) is 2.08. The molecule has 88 valence electrons. The third kappa shape index (κ3) is 2.37. The number of carbonyl (C=O) groups excluding carboxylic acids is 1. The van der Waals surface area contributed by atoms with Crippen LogP contribution in [0.15, 0.2) is 54.6 Å². The molecular formula is C14H11N3O. The lowest BCUT2D eigenvalue weighted by Gasteiger charge is -2.16. The van der Waals surface area contributed by atoms with Crippen LogP contribution in [0.2, 0.25) is 0 Å². The number of hydrogen-bond acceptors (Lipinski definition) is 3. The van der Waals surface area contributed by atoms with E-state index in [2.05, 4.69) is 0 Å². The summed E-state index contributed by atoms with van der Waals surface area (Å²) in [7, 11) is 0. The van der Waals surface area contributed by atoms with Gasteiger partial charge in [0.05, 0.1) is 17.3 Å². The second-order valence-corrected chi connectivity index (χ2v) is 3.70. The minimum absolute atomic E-state index is 0.314. The van der Waals surface area contributed by atoms with Crippen LogP contribution in [0.3, 0.4) is 0 Å². The average Bonchev–Trinajstić information content (AvgIpc) is 2.47. The summed E-state index contributed by atoms with van der Waals surface area (Å²) < 4.78 is 0. The topological polar surface area (TPSA) is 70.1 Å². The predicted molar refractivity (Wildman–Crippen MR) is 68.6 cm³/mol. The number of carbonyl (C=O) groups is 1. The molecule has 2 N–H and O–H groups in total. The first-order valence-electron chi connectivity index (χ1n) is 5.37. The lowest BCUT2D eigenvalue weighted by atomic mass is 10.1. The van der Waals surface area contributed by atoms with Crippen LogP contribution >= 0.6 is 0 Å². The van der Waals surface area contributed by atoms with Crippen molar-refractivity contribution in [3.8, 4) is 6.07 Å².